The Morgan fingerprint density at radius 1 is 0.309 bits per heavy atom. The van der Waals surface area contributed by atoms with Crippen molar-refractivity contribution in [2.24, 2.45) is 0 Å². The number of unbranched alkanes of at least 4 members (excludes halogenated alkanes) is 20. The molecule has 0 aliphatic carbocycles. The summed E-state index contributed by atoms with van der Waals surface area (Å²) in [5.41, 5.74) is 0. The molecule has 0 amide bonds. The quantitative estimate of drug-likeness (QED) is 0.0262. The van der Waals surface area contributed by atoms with Crippen molar-refractivity contribution < 1.29 is 28.6 Å². The van der Waals surface area contributed by atoms with Gasteiger partial charge in [-0.3, -0.25) is 14.4 Å². The van der Waals surface area contributed by atoms with Gasteiger partial charge < -0.3 is 14.2 Å². The van der Waals surface area contributed by atoms with E-state index in [0.29, 0.717) is 19.3 Å². The Hall–Kier alpha value is -3.93. The van der Waals surface area contributed by atoms with Crippen LogP contribution in [-0.2, 0) is 28.6 Å². The number of allylic oxidation sites excluding steroid dienone is 18. The van der Waals surface area contributed by atoms with Crippen LogP contribution in [0.1, 0.15) is 245 Å². The second kappa shape index (κ2) is 55.7. The first-order valence-electron chi connectivity index (χ1n) is 27.9. The largest absolute Gasteiger partial charge is 0.462 e. The first-order valence-corrected chi connectivity index (χ1v) is 27.9. The zero-order chi connectivity index (χ0) is 49.3. The number of hydrogen-bond acceptors (Lipinski definition) is 6. The van der Waals surface area contributed by atoms with Gasteiger partial charge >= 0.3 is 17.9 Å². The zero-order valence-electron chi connectivity index (χ0n) is 44.1. The van der Waals surface area contributed by atoms with Crippen LogP contribution in [0.3, 0.4) is 0 Å². The molecule has 0 saturated carbocycles. The summed E-state index contributed by atoms with van der Waals surface area (Å²) in [7, 11) is 0. The fraction of sp³-hybridized carbons (Fsp3) is 0.661. The maximum absolute atomic E-state index is 12.8. The van der Waals surface area contributed by atoms with E-state index < -0.39 is 6.10 Å². The lowest BCUT2D eigenvalue weighted by atomic mass is 10.0. The van der Waals surface area contributed by atoms with Crippen LogP contribution in [0.15, 0.2) is 109 Å². The summed E-state index contributed by atoms with van der Waals surface area (Å²) < 4.78 is 16.8. The van der Waals surface area contributed by atoms with Crippen LogP contribution in [-0.4, -0.2) is 37.2 Å². The smallest absolute Gasteiger partial charge is 0.306 e. The Morgan fingerprint density at radius 3 is 0.985 bits per heavy atom. The maximum atomic E-state index is 12.8. The van der Waals surface area contributed by atoms with Crippen molar-refractivity contribution in [3.8, 4) is 0 Å². The van der Waals surface area contributed by atoms with Crippen LogP contribution in [0.25, 0.3) is 0 Å². The van der Waals surface area contributed by atoms with E-state index in [2.05, 4.69) is 124 Å². The van der Waals surface area contributed by atoms with Crippen molar-refractivity contribution in [3.05, 3.63) is 109 Å². The molecular weight excluding hydrogens is 841 g/mol. The highest BCUT2D eigenvalue weighted by molar-refractivity contribution is 5.71. The van der Waals surface area contributed by atoms with Crippen molar-refractivity contribution in [2.75, 3.05) is 13.2 Å². The monoisotopic (exact) mass is 943 g/mol. The van der Waals surface area contributed by atoms with Gasteiger partial charge in [0.15, 0.2) is 6.10 Å². The summed E-state index contributed by atoms with van der Waals surface area (Å²) >= 11 is 0. The van der Waals surface area contributed by atoms with Gasteiger partial charge in [-0.15, -0.1) is 0 Å². The molecule has 0 heterocycles. The summed E-state index contributed by atoms with van der Waals surface area (Å²) in [6.07, 6.45) is 75.1. The van der Waals surface area contributed by atoms with Crippen LogP contribution in [0.5, 0.6) is 0 Å². The molecule has 0 unspecified atom stereocenters. The standard InChI is InChI=1S/C62H102O6/c1-4-7-10-13-16-19-22-25-28-30-31-32-35-37-40-43-46-49-52-55-61(64)67-58-59(57-66-60(63)54-51-48-45-42-39-36-33-27-24-21-18-15-12-9-6-3)68-62(65)56-53-50-47-44-41-38-34-29-26-23-20-17-14-11-8-5-2/h7,9-10,12,16,18-19,21,25,27-28,31-33,37,40,46,49,59H,4-6,8,11,13-15,17,20,22-24,26,29-30,34-36,38-39,41-45,47-48,50-58H2,1-3H3/b10-7-,12-9-,19-16-,21-18-,28-25-,32-31-,33-27-,40-37-,49-46-/t59-/m1/s1. The topological polar surface area (TPSA) is 78.9 Å². The molecule has 0 rings (SSSR count). The number of carbonyl (C=O) groups is 3. The SMILES string of the molecule is CC/C=C\C/C=C\C/C=C\C/C=C\C/C=C\C/C=C\CCC(=O)OC[C@@H](COC(=O)CCCCCCC/C=C\C/C=C\C/C=C\CC)OC(=O)CCCCCCCCCCCCCCCCCC. The predicted molar refractivity (Wildman–Crippen MR) is 293 cm³/mol. The van der Waals surface area contributed by atoms with Gasteiger partial charge in [0.1, 0.15) is 13.2 Å². The molecule has 0 aliphatic rings. The Morgan fingerprint density at radius 2 is 0.603 bits per heavy atom. The van der Waals surface area contributed by atoms with E-state index in [4.69, 9.17) is 14.2 Å². The maximum Gasteiger partial charge on any atom is 0.306 e. The molecule has 0 fully saturated rings. The zero-order valence-corrected chi connectivity index (χ0v) is 44.1. The average molecular weight is 943 g/mol. The van der Waals surface area contributed by atoms with E-state index >= 15 is 0 Å². The van der Waals surface area contributed by atoms with Gasteiger partial charge in [0, 0.05) is 19.3 Å². The second-order valence-electron chi connectivity index (χ2n) is 18.1. The molecule has 6 heteroatoms. The summed E-state index contributed by atoms with van der Waals surface area (Å²) in [6, 6.07) is 0. The van der Waals surface area contributed by atoms with Crippen LogP contribution >= 0.6 is 0 Å². The van der Waals surface area contributed by atoms with E-state index in [9.17, 15) is 14.4 Å². The fourth-order valence-corrected chi connectivity index (χ4v) is 7.42. The molecule has 0 aromatic heterocycles. The van der Waals surface area contributed by atoms with Crippen LogP contribution in [0.4, 0.5) is 0 Å². The van der Waals surface area contributed by atoms with Crippen LogP contribution < -0.4 is 0 Å². The van der Waals surface area contributed by atoms with Crippen molar-refractivity contribution in [3.63, 3.8) is 0 Å². The Balaban J connectivity index is 4.52. The predicted octanol–water partition coefficient (Wildman–Crippen LogP) is 18.7. The molecule has 0 aliphatic heterocycles. The molecule has 386 valence electrons. The first-order chi connectivity index (χ1) is 33.5. The van der Waals surface area contributed by atoms with Gasteiger partial charge in [0.25, 0.3) is 0 Å². The third-order valence-electron chi connectivity index (χ3n) is 11.5. The van der Waals surface area contributed by atoms with E-state index in [1.54, 1.807) is 0 Å². The van der Waals surface area contributed by atoms with Crippen LogP contribution in [0.2, 0.25) is 0 Å². The lowest BCUT2D eigenvalue weighted by molar-refractivity contribution is -0.166. The molecule has 1 atom stereocenters. The molecule has 0 bridgehead atoms. The number of carbonyl (C=O) groups excluding carboxylic acids is 3. The fourth-order valence-electron chi connectivity index (χ4n) is 7.42. The molecule has 6 nitrogen and oxygen atoms in total. The van der Waals surface area contributed by atoms with Crippen molar-refractivity contribution in [1.29, 1.82) is 0 Å². The highest BCUT2D eigenvalue weighted by atomic mass is 16.6. The number of esters is 3. The first kappa shape index (κ1) is 64.1. The third-order valence-corrected chi connectivity index (χ3v) is 11.5. The van der Waals surface area contributed by atoms with Gasteiger partial charge in [-0.1, -0.05) is 246 Å². The molecule has 0 saturated heterocycles. The molecule has 0 aromatic rings. The minimum atomic E-state index is -0.816. The molecule has 68 heavy (non-hydrogen) atoms. The van der Waals surface area contributed by atoms with Gasteiger partial charge in [-0.2, -0.15) is 0 Å². The minimum Gasteiger partial charge on any atom is -0.462 e. The van der Waals surface area contributed by atoms with Crippen LogP contribution in [0, 0.1) is 0 Å². The van der Waals surface area contributed by atoms with E-state index in [1.165, 1.54) is 83.5 Å². The lowest BCUT2D eigenvalue weighted by Crippen LogP contribution is -2.30. The Kier molecular flexibility index (Phi) is 52.4. The number of rotatable bonds is 49. The van der Waals surface area contributed by atoms with Gasteiger partial charge in [0.2, 0.25) is 0 Å². The molecule has 0 aromatic carbocycles. The molecule has 0 N–H and O–H groups in total. The minimum absolute atomic E-state index is 0.110. The summed E-state index contributed by atoms with van der Waals surface area (Å²) in [5.74, 6) is -1.01. The van der Waals surface area contributed by atoms with Crippen molar-refractivity contribution >= 4 is 17.9 Å². The number of hydrogen-bond donors (Lipinski definition) is 0. The average Bonchev–Trinajstić information content (AvgIpc) is 3.34. The van der Waals surface area contributed by atoms with Crippen molar-refractivity contribution in [2.45, 2.75) is 252 Å². The molecular formula is C62H102O6. The second-order valence-corrected chi connectivity index (χ2v) is 18.1. The van der Waals surface area contributed by atoms with E-state index in [0.717, 1.165) is 116 Å². The summed E-state index contributed by atoms with van der Waals surface area (Å²) in [5, 5.41) is 0. The van der Waals surface area contributed by atoms with Gasteiger partial charge in [0.05, 0.1) is 0 Å². The highest BCUT2D eigenvalue weighted by Gasteiger charge is 2.19. The van der Waals surface area contributed by atoms with Gasteiger partial charge in [-0.25, -0.2) is 0 Å². The number of ether oxygens (including phenoxy) is 3. The lowest BCUT2D eigenvalue weighted by Gasteiger charge is -2.18. The molecule has 0 radical (unpaired) electrons. The van der Waals surface area contributed by atoms with Crippen molar-refractivity contribution in [1.82, 2.24) is 0 Å². The normalized spacial score (nSPS) is 12.9. The van der Waals surface area contributed by atoms with E-state index in [1.807, 2.05) is 6.08 Å². The third kappa shape index (κ3) is 53.0. The van der Waals surface area contributed by atoms with Gasteiger partial charge in [-0.05, 0) is 89.9 Å². The Bertz CT molecular complexity index is 1410. The summed E-state index contributed by atoms with van der Waals surface area (Å²) in [6.45, 7) is 6.34. The Labute approximate surface area is 419 Å². The van der Waals surface area contributed by atoms with E-state index in [-0.39, 0.29) is 37.5 Å². The molecule has 0 spiro atoms. The summed E-state index contributed by atoms with van der Waals surface area (Å²) in [4.78, 5) is 38.1. The highest BCUT2D eigenvalue weighted by Crippen LogP contribution is 2.15.